The van der Waals surface area contributed by atoms with E-state index in [0.29, 0.717) is 24.1 Å². The first-order valence-corrected chi connectivity index (χ1v) is 10.1. The summed E-state index contributed by atoms with van der Waals surface area (Å²) in [7, 11) is 0. The molecule has 1 aliphatic rings. The van der Waals surface area contributed by atoms with E-state index < -0.39 is 0 Å². The van der Waals surface area contributed by atoms with Crippen LogP contribution in [0.3, 0.4) is 0 Å². The summed E-state index contributed by atoms with van der Waals surface area (Å²) < 4.78 is 6.92. The third-order valence-electron chi connectivity index (χ3n) is 5.51. The van der Waals surface area contributed by atoms with Crippen LogP contribution in [0.5, 0.6) is 5.75 Å². The zero-order valence-corrected chi connectivity index (χ0v) is 16.8. The molecule has 1 aromatic heterocycles. The van der Waals surface area contributed by atoms with Crippen LogP contribution in [0.4, 0.5) is 0 Å². The van der Waals surface area contributed by atoms with Crippen LogP contribution in [-0.4, -0.2) is 33.5 Å². The van der Waals surface area contributed by atoms with E-state index >= 15 is 0 Å². The van der Waals surface area contributed by atoms with Gasteiger partial charge in [0, 0.05) is 6.54 Å². The minimum atomic E-state index is -0.177. The van der Waals surface area contributed by atoms with Crippen molar-refractivity contribution >= 4 is 16.8 Å². The Labute approximate surface area is 169 Å². The van der Waals surface area contributed by atoms with Crippen LogP contribution in [0, 0.1) is 6.92 Å². The first-order valence-electron chi connectivity index (χ1n) is 10.1. The summed E-state index contributed by atoms with van der Waals surface area (Å²) in [4.78, 5) is 32.1. The molecule has 0 N–H and O–H groups in total. The van der Waals surface area contributed by atoms with Crippen LogP contribution in [0.15, 0.2) is 53.6 Å². The molecule has 3 aromatic rings. The molecule has 4 rings (SSSR count). The fourth-order valence-corrected chi connectivity index (χ4v) is 4.05. The smallest absolute Gasteiger partial charge is 0.261 e. The molecule has 2 aromatic carbocycles. The predicted molar refractivity (Wildman–Crippen MR) is 112 cm³/mol. The van der Waals surface area contributed by atoms with Gasteiger partial charge in [0.1, 0.15) is 12.3 Å². The van der Waals surface area contributed by atoms with Gasteiger partial charge >= 0.3 is 0 Å². The van der Waals surface area contributed by atoms with Crippen molar-refractivity contribution in [1.82, 2.24) is 14.5 Å². The van der Waals surface area contributed by atoms with Crippen LogP contribution in [0.1, 0.15) is 36.9 Å². The number of nitrogens with zero attached hydrogens (tertiary/aromatic N) is 3. The molecule has 0 bridgehead atoms. The lowest BCUT2D eigenvalue weighted by Crippen LogP contribution is -2.36. The van der Waals surface area contributed by atoms with Gasteiger partial charge in [0.25, 0.3) is 5.56 Å². The van der Waals surface area contributed by atoms with E-state index in [1.807, 2.05) is 55.1 Å². The molecular formula is C23H25N3O3. The summed E-state index contributed by atoms with van der Waals surface area (Å²) in [6, 6.07) is 13.5. The van der Waals surface area contributed by atoms with Crippen molar-refractivity contribution < 1.29 is 9.53 Å². The van der Waals surface area contributed by atoms with Gasteiger partial charge in [-0.1, -0.05) is 24.3 Å². The predicted octanol–water partition coefficient (Wildman–Crippen LogP) is 3.47. The number of rotatable bonds is 5. The van der Waals surface area contributed by atoms with Crippen molar-refractivity contribution in [3.8, 4) is 5.75 Å². The summed E-state index contributed by atoms with van der Waals surface area (Å²) in [5, 5.41) is 0.546. The summed E-state index contributed by atoms with van der Waals surface area (Å²) >= 11 is 0. The van der Waals surface area contributed by atoms with Gasteiger partial charge in [-0.15, -0.1) is 0 Å². The van der Waals surface area contributed by atoms with E-state index in [9.17, 15) is 9.59 Å². The third-order valence-corrected chi connectivity index (χ3v) is 5.51. The molecule has 2 heterocycles. The van der Waals surface area contributed by atoms with Gasteiger partial charge in [-0.25, -0.2) is 4.98 Å². The van der Waals surface area contributed by atoms with E-state index in [-0.39, 0.29) is 24.1 Å². The Morgan fingerprint density at radius 1 is 1.21 bits per heavy atom. The molecule has 1 saturated heterocycles. The summed E-state index contributed by atoms with van der Waals surface area (Å²) in [6.07, 6.45) is 3.36. The van der Waals surface area contributed by atoms with E-state index in [2.05, 4.69) is 4.98 Å². The van der Waals surface area contributed by atoms with Crippen LogP contribution < -0.4 is 10.3 Å². The zero-order chi connectivity index (χ0) is 20.4. The maximum atomic E-state index is 13.0. The monoisotopic (exact) mass is 391 g/mol. The van der Waals surface area contributed by atoms with Gasteiger partial charge in [-0.3, -0.25) is 14.2 Å². The molecule has 1 fully saturated rings. The number of aromatic nitrogens is 2. The van der Waals surface area contributed by atoms with E-state index in [1.165, 1.54) is 10.9 Å². The average molecular weight is 391 g/mol. The summed E-state index contributed by atoms with van der Waals surface area (Å²) in [6.45, 7) is 5.21. The number of benzene rings is 2. The number of carbonyl (C=O) groups is 1. The minimum Gasteiger partial charge on any atom is -0.494 e. The standard InChI is InChI=1S/C23H25N3O3/c1-3-29-18-11-9-17(10-12-18)20-8-5-13-26(20)21(27)14-25-15-24-22-16(2)6-4-7-19(22)23(25)28/h4,6-7,9-12,15,20H,3,5,8,13-14H2,1-2H3. The fourth-order valence-electron chi connectivity index (χ4n) is 4.05. The molecule has 1 atom stereocenters. The molecule has 0 aliphatic carbocycles. The lowest BCUT2D eigenvalue weighted by atomic mass is 10.0. The van der Waals surface area contributed by atoms with E-state index in [0.717, 1.165) is 29.7 Å². The highest BCUT2D eigenvalue weighted by Gasteiger charge is 2.30. The maximum Gasteiger partial charge on any atom is 0.261 e. The highest BCUT2D eigenvalue weighted by molar-refractivity contribution is 5.81. The highest BCUT2D eigenvalue weighted by atomic mass is 16.5. The van der Waals surface area contributed by atoms with Crippen LogP contribution >= 0.6 is 0 Å². The van der Waals surface area contributed by atoms with Gasteiger partial charge < -0.3 is 9.64 Å². The largest absolute Gasteiger partial charge is 0.494 e. The Hall–Kier alpha value is -3.15. The SMILES string of the molecule is CCOc1ccc(C2CCCN2C(=O)Cn2cnc3c(C)cccc3c2=O)cc1. The van der Waals surface area contributed by atoms with Gasteiger partial charge in [0.15, 0.2) is 0 Å². The Balaban J connectivity index is 1.55. The molecule has 1 unspecified atom stereocenters. The first kappa shape index (κ1) is 19.2. The third kappa shape index (κ3) is 3.75. The van der Waals surface area contributed by atoms with Gasteiger partial charge in [-0.2, -0.15) is 0 Å². The molecular weight excluding hydrogens is 366 g/mol. The number of hydrogen-bond acceptors (Lipinski definition) is 4. The van der Waals surface area contributed by atoms with Gasteiger partial charge in [-0.05, 0) is 56.0 Å². The van der Waals surface area contributed by atoms with Crippen molar-refractivity contribution in [2.75, 3.05) is 13.2 Å². The summed E-state index contributed by atoms with van der Waals surface area (Å²) in [5.74, 6) is 0.772. The van der Waals surface area contributed by atoms with Crippen LogP contribution in [0.2, 0.25) is 0 Å². The zero-order valence-electron chi connectivity index (χ0n) is 16.8. The number of likely N-dealkylation sites (tertiary alicyclic amines) is 1. The Kier molecular flexibility index (Phi) is 5.34. The molecule has 6 heteroatoms. The molecule has 0 spiro atoms. The highest BCUT2D eigenvalue weighted by Crippen LogP contribution is 2.33. The van der Waals surface area contributed by atoms with E-state index in [4.69, 9.17) is 4.74 Å². The second-order valence-corrected chi connectivity index (χ2v) is 7.40. The number of aryl methyl sites for hydroxylation is 1. The van der Waals surface area contributed by atoms with E-state index in [1.54, 1.807) is 6.07 Å². The number of hydrogen-bond donors (Lipinski definition) is 0. The van der Waals surface area contributed by atoms with Crippen molar-refractivity contribution in [2.45, 2.75) is 39.3 Å². The Morgan fingerprint density at radius 3 is 2.76 bits per heavy atom. The molecule has 1 aliphatic heterocycles. The molecule has 0 saturated carbocycles. The van der Waals surface area contributed by atoms with Gasteiger partial charge in [0.05, 0.1) is 29.9 Å². The molecule has 29 heavy (non-hydrogen) atoms. The van der Waals surface area contributed by atoms with Crippen molar-refractivity contribution in [3.63, 3.8) is 0 Å². The number of amides is 1. The second-order valence-electron chi connectivity index (χ2n) is 7.40. The van der Waals surface area contributed by atoms with Crippen molar-refractivity contribution in [2.24, 2.45) is 0 Å². The molecule has 0 radical (unpaired) electrons. The number of carbonyl (C=O) groups excluding carboxylic acids is 1. The fraction of sp³-hybridized carbons (Fsp3) is 0.348. The number of fused-ring (bicyclic) bond motifs is 1. The number of ether oxygens (including phenoxy) is 1. The molecule has 1 amide bonds. The lowest BCUT2D eigenvalue weighted by molar-refractivity contribution is -0.132. The second kappa shape index (κ2) is 8.07. The van der Waals surface area contributed by atoms with Gasteiger partial charge in [0.2, 0.25) is 5.91 Å². The molecule has 150 valence electrons. The minimum absolute atomic E-state index is 0.00322. The summed E-state index contributed by atoms with van der Waals surface area (Å²) in [5.41, 5.74) is 2.56. The first-order chi connectivity index (χ1) is 14.1. The topological polar surface area (TPSA) is 64.4 Å². The molecule has 6 nitrogen and oxygen atoms in total. The Bertz CT molecular complexity index is 1090. The quantitative estimate of drug-likeness (QED) is 0.668. The van der Waals surface area contributed by atoms with Crippen LogP contribution in [-0.2, 0) is 11.3 Å². The normalized spacial score (nSPS) is 16.3. The number of para-hydroxylation sites is 1. The average Bonchev–Trinajstić information content (AvgIpc) is 3.21. The van der Waals surface area contributed by atoms with Crippen molar-refractivity contribution in [3.05, 3.63) is 70.3 Å². The Morgan fingerprint density at radius 2 is 2.00 bits per heavy atom. The van der Waals surface area contributed by atoms with Crippen LogP contribution in [0.25, 0.3) is 10.9 Å². The lowest BCUT2D eigenvalue weighted by Gasteiger charge is -2.25. The van der Waals surface area contributed by atoms with Crippen molar-refractivity contribution in [1.29, 1.82) is 0 Å². The maximum absolute atomic E-state index is 13.0.